The number of nitrogens with two attached hydrogens (primary N) is 1. The Balaban J connectivity index is 1.92. The van der Waals surface area contributed by atoms with E-state index in [9.17, 15) is 0 Å². The number of methoxy groups -OCH3 is 4. The van der Waals surface area contributed by atoms with E-state index in [2.05, 4.69) is 17.4 Å². The third kappa shape index (κ3) is 4.32. The Kier molecular flexibility index (Phi) is 6.75. The van der Waals surface area contributed by atoms with Gasteiger partial charge in [-0.2, -0.15) is 0 Å². The maximum Gasteiger partial charge on any atom is 0.169 e. The first-order valence-electron chi connectivity index (χ1n) is 7.96. The lowest BCUT2D eigenvalue weighted by Gasteiger charge is -2.12. The fraction of sp³-hybridized carbons (Fsp3) is 0.368. The van der Waals surface area contributed by atoms with E-state index in [0.717, 1.165) is 48.1 Å². The molecule has 2 rings (SSSR count). The van der Waals surface area contributed by atoms with Crippen molar-refractivity contribution in [2.45, 2.75) is 13.0 Å². The monoisotopic (exact) mass is 332 g/mol. The van der Waals surface area contributed by atoms with Gasteiger partial charge in [0, 0.05) is 6.42 Å². The second kappa shape index (κ2) is 9.03. The molecule has 0 atom stereocenters. The molecular formula is C19H26NO4+. The fourth-order valence-electron chi connectivity index (χ4n) is 2.68. The van der Waals surface area contributed by atoms with Gasteiger partial charge in [0.1, 0.15) is 6.54 Å². The first-order chi connectivity index (χ1) is 11.7. The molecule has 130 valence electrons. The molecule has 5 nitrogen and oxygen atoms in total. The van der Waals surface area contributed by atoms with Gasteiger partial charge in [-0.3, -0.25) is 0 Å². The smallest absolute Gasteiger partial charge is 0.169 e. The lowest BCUT2D eigenvalue weighted by atomic mass is 10.1. The zero-order valence-electron chi connectivity index (χ0n) is 14.8. The molecule has 5 heteroatoms. The summed E-state index contributed by atoms with van der Waals surface area (Å²) in [4.78, 5) is 0. The highest BCUT2D eigenvalue weighted by molar-refractivity contribution is 5.46. The standard InChI is InChI=1S/C19H25NO4/c1-21-16-9-8-14(12-18(16)23-3)10-11-20-13-15-6-5-7-17(22-2)19(15)24-4/h5-9,12,20H,10-11,13H2,1-4H3/p+1. The van der Waals surface area contributed by atoms with Crippen LogP contribution >= 0.6 is 0 Å². The van der Waals surface area contributed by atoms with Crippen LogP contribution < -0.4 is 24.3 Å². The Bertz CT molecular complexity index is 658. The molecule has 2 N–H and O–H groups in total. The summed E-state index contributed by atoms with van der Waals surface area (Å²) in [5.74, 6) is 3.10. The molecule has 0 unspecified atom stereocenters. The van der Waals surface area contributed by atoms with Crippen LogP contribution in [0.2, 0.25) is 0 Å². The van der Waals surface area contributed by atoms with Crippen molar-refractivity contribution < 1.29 is 24.3 Å². The van der Waals surface area contributed by atoms with Crippen LogP contribution in [-0.4, -0.2) is 35.0 Å². The van der Waals surface area contributed by atoms with Gasteiger partial charge in [0.05, 0.1) is 40.5 Å². The van der Waals surface area contributed by atoms with Crippen LogP contribution in [0.5, 0.6) is 23.0 Å². The average Bonchev–Trinajstić information content (AvgIpc) is 2.64. The van der Waals surface area contributed by atoms with E-state index in [1.807, 2.05) is 24.3 Å². The minimum atomic E-state index is 0.756. The number of quaternary nitrogens is 1. The molecular weight excluding hydrogens is 306 g/mol. The van der Waals surface area contributed by atoms with Gasteiger partial charge in [0.25, 0.3) is 0 Å². The van der Waals surface area contributed by atoms with Crippen LogP contribution in [0.1, 0.15) is 11.1 Å². The Morgan fingerprint density at radius 3 is 2.21 bits per heavy atom. The minimum Gasteiger partial charge on any atom is -0.493 e. The molecule has 0 spiro atoms. The molecule has 0 aliphatic carbocycles. The highest BCUT2D eigenvalue weighted by Crippen LogP contribution is 2.30. The molecule has 0 radical (unpaired) electrons. The molecule has 0 saturated heterocycles. The van der Waals surface area contributed by atoms with Gasteiger partial charge in [-0.25, -0.2) is 0 Å². The number of hydrogen-bond donors (Lipinski definition) is 1. The van der Waals surface area contributed by atoms with Gasteiger partial charge in [-0.05, 0) is 29.8 Å². The van der Waals surface area contributed by atoms with Gasteiger partial charge in [0.15, 0.2) is 23.0 Å². The Morgan fingerprint density at radius 2 is 1.54 bits per heavy atom. The summed E-state index contributed by atoms with van der Waals surface area (Å²) >= 11 is 0. The molecule has 0 heterocycles. The van der Waals surface area contributed by atoms with Crippen molar-refractivity contribution in [2.24, 2.45) is 0 Å². The molecule has 2 aromatic rings. The Labute approximate surface area is 143 Å². The van der Waals surface area contributed by atoms with Crippen LogP contribution in [0.15, 0.2) is 36.4 Å². The second-order valence-corrected chi connectivity index (χ2v) is 5.37. The first kappa shape index (κ1) is 17.9. The van der Waals surface area contributed by atoms with Crippen molar-refractivity contribution in [3.05, 3.63) is 47.5 Å². The van der Waals surface area contributed by atoms with Gasteiger partial charge in [-0.15, -0.1) is 0 Å². The van der Waals surface area contributed by atoms with Crippen LogP contribution in [0.25, 0.3) is 0 Å². The van der Waals surface area contributed by atoms with Gasteiger partial charge in [0.2, 0.25) is 0 Å². The van der Waals surface area contributed by atoms with E-state index in [1.165, 1.54) is 5.56 Å². The molecule has 0 amide bonds. The lowest BCUT2D eigenvalue weighted by molar-refractivity contribution is -0.670. The summed E-state index contributed by atoms with van der Waals surface area (Å²) in [7, 11) is 6.63. The predicted octanol–water partition coefficient (Wildman–Crippen LogP) is 2.03. The summed E-state index contributed by atoms with van der Waals surface area (Å²) in [5.41, 5.74) is 2.35. The molecule has 0 aliphatic heterocycles. The summed E-state index contributed by atoms with van der Waals surface area (Å²) in [6.45, 7) is 1.81. The van der Waals surface area contributed by atoms with Crippen molar-refractivity contribution in [1.82, 2.24) is 0 Å². The molecule has 0 saturated carbocycles. The Morgan fingerprint density at radius 1 is 0.792 bits per heavy atom. The van der Waals surface area contributed by atoms with Crippen molar-refractivity contribution in [2.75, 3.05) is 35.0 Å². The van der Waals surface area contributed by atoms with Crippen LogP contribution in [0.3, 0.4) is 0 Å². The van der Waals surface area contributed by atoms with Gasteiger partial charge in [-0.1, -0.05) is 12.1 Å². The quantitative estimate of drug-likeness (QED) is 0.714. The summed E-state index contributed by atoms with van der Waals surface area (Å²) < 4.78 is 21.4. The third-order valence-corrected chi connectivity index (χ3v) is 3.93. The largest absolute Gasteiger partial charge is 0.493 e. The van der Waals surface area contributed by atoms with E-state index in [-0.39, 0.29) is 0 Å². The number of benzene rings is 2. The first-order valence-corrected chi connectivity index (χ1v) is 7.96. The highest BCUT2D eigenvalue weighted by atomic mass is 16.5. The molecule has 24 heavy (non-hydrogen) atoms. The molecule has 0 bridgehead atoms. The van der Waals surface area contributed by atoms with Gasteiger partial charge >= 0.3 is 0 Å². The number of para-hydroxylation sites is 1. The Hall–Kier alpha value is -2.40. The van der Waals surface area contributed by atoms with E-state index < -0.39 is 0 Å². The minimum absolute atomic E-state index is 0.756. The summed E-state index contributed by atoms with van der Waals surface area (Å²) in [6, 6.07) is 12.0. The van der Waals surface area contributed by atoms with E-state index in [0.29, 0.717) is 0 Å². The lowest BCUT2D eigenvalue weighted by Crippen LogP contribution is -2.83. The zero-order valence-corrected chi connectivity index (χ0v) is 14.8. The summed E-state index contributed by atoms with van der Waals surface area (Å²) in [5, 5.41) is 2.26. The SMILES string of the molecule is COc1ccc(CC[NH2+]Cc2cccc(OC)c2OC)cc1OC. The van der Waals surface area contributed by atoms with Crippen LogP contribution in [-0.2, 0) is 13.0 Å². The van der Waals surface area contributed by atoms with Crippen LogP contribution in [0.4, 0.5) is 0 Å². The number of rotatable bonds is 9. The van der Waals surface area contributed by atoms with Crippen molar-refractivity contribution in [1.29, 1.82) is 0 Å². The average molecular weight is 332 g/mol. The van der Waals surface area contributed by atoms with E-state index in [4.69, 9.17) is 18.9 Å². The third-order valence-electron chi connectivity index (χ3n) is 3.93. The number of ether oxygens (including phenoxy) is 4. The van der Waals surface area contributed by atoms with Crippen molar-refractivity contribution in [3.63, 3.8) is 0 Å². The topological polar surface area (TPSA) is 53.5 Å². The van der Waals surface area contributed by atoms with Crippen LogP contribution in [0, 0.1) is 0 Å². The van der Waals surface area contributed by atoms with E-state index >= 15 is 0 Å². The zero-order chi connectivity index (χ0) is 17.4. The molecule has 0 fully saturated rings. The normalized spacial score (nSPS) is 10.3. The molecule has 2 aromatic carbocycles. The highest BCUT2D eigenvalue weighted by Gasteiger charge is 2.11. The van der Waals surface area contributed by atoms with Crippen molar-refractivity contribution >= 4 is 0 Å². The van der Waals surface area contributed by atoms with E-state index in [1.54, 1.807) is 28.4 Å². The van der Waals surface area contributed by atoms with Gasteiger partial charge < -0.3 is 24.3 Å². The maximum atomic E-state index is 5.46. The second-order valence-electron chi connectivity index (χ2n) is 5.37. The van der Waals surface area contributed by atoms with Crippen molar-refractivity contribution in [3.8, 4) is 23.0 Å². The summed E-state index contributed by atoms with van der Waals surface area (Å²) in [6.07, 6.45) is 0.951. The fourth-order valence-corrected chi connectivity index (χ4v) is 2.68. The predicted molar refractivity (Wildman–Crippen MR) is 93.3 cm³/mol. The molecule has 0 aromatic heterocycles. The molecule has 0 aliphatic rings. The number of hydrogen-bond acceptors (Lipinski definition) is 4. The maximum absolute atomic E-state index is 5.46.